The third kappa shape index (κ3) is 2.42. The Balaban J connectivity index is 1.85. The second kappa shape index (κ2) is 5.21. The Morgan fingerprint density at radius 1 is 1.25 bits per heavy atom. The van der Waals surface area contributed by atoms with Crippen molar-refractivity contribution in [3.05, 3.63) is 53.7 Å². The molecule has 0 unspecified atom stereocenters. The lowest BCUT2D eigenvalue weighted by atomic mass is 10.2. The van der Waals surface area contributed by atoms with Crippen molar-refractivity contribution >= 4 is 11.7 Å². The van der Waals surface area contributed by atoms with Gasteiger partial charge in [0.1, 0.15) is 24.0 Å². The maximum atomic E-state index is 7.39. The standard InChI is InChI=1S/C15H16N4O/c16-15(17)11-5-6-14(18-9-11)19-7-8-20-13-4-2-1-3-12(13)10-19/h1-6,9H,7-8,10H2,(H3,16,17). The van der Waals surface area contributed by atoms with E-state index in [0.717, 1.165) is 30.2 Å². The Hall–Kier alpha value is -2.56. The highest BCUT2D eigenvalue weighted by molar-refractivity contribution is 5.94. The highest BCUT2D eigenvalue weighted by Crippen LogP contribution is 2.24. The number of benzene rings is 1. The highest BCUT2D eigenvalue weighted by atomic mass is 16.5. The van der Waals surface area contributed by atoms with Gasteiger partial charge in [-0.15, -0.1) is 0 Å². The molecule has 5 heteroatoms. The van der Waals surface area contributed by atoms with Gasteiger partial charge in [-0.2, -0.15) is 0 Å². The average Bonchev–Trinajstić information content (AvgIpc) is 2.69. The molecule has 1 aromatic carbocycles. The van der Waals surface area contributed by atoms with Crippen LogP contribution in [0.1, 0.15) is 11.1 Å². The molecule has 0 radical (unpaired) electrons. The number of nitrogens with one attached hydrogen (secondary N) is 1. The van der Waals surface area contributed by atoms with Crippen molar-refractivity contribution in [2.24, 2.45) is 5.73 Å². The first-order valence-electron chi connectivity index (χ1n) is 6.50. The minimum absolute atomic E-state index is 0.0357. The van der Waals surface area contributed by atoms with Crippen molar-refractivity contribution in [1.29, 1.82) is 5.41 Å². The Morgan fingerprint density at radius 3 is 2.85 bits per heavy atom. The number of nitrogen functional groups attached to an aromatic ring is 1. The number of nitrogens with two attached hydrogens (primary N) is 1. The van der Waals surface area contributed by atoms with Gasteiger partial charge in [0, 0.05) is 23.9 Å². The molecular weight excluding hydrogens is 252 g/mol. The van der Waals surface area contributed by atoms with E-state index in [1.807, 2.05) is 30.3 Å². The number of aromatic nitrogens is 1. The van der Waals surface area contributed by atoms with Crippen LogP contribution in [0.4, 0.5) is 5.82 Å². The van der Waals surface area contributed by atoms with Crippen LogP contribution < -0.4 is 15.4 Å². The summed E-state index contributed by atoms with van der Waals surface area (Å²) >= 11 is 0. The normalized spacial score (nSPS) is 14.1. The molecule has 3 rings (SSSR count). The predicted octanol–water partition coefficient (Wildman–Crippen LogP) is 1.76. The quantitative estimate of drug-likeness (QED) is 0.643. The van der Waals surface area contributed by atoms with Gasteiger partial charge in [-0.3, -0.25) is 5.41 Å². The molecule has 5 nitrogen and oxygen atoms in total. The lowest BCUT2D eigenvalue weighted by Gasteiger charge is -2.20. The van der Waals surface area contributed by atoms with Gasteiger partial charge in [-0.1, -0.05) is 18.2 Å². The molecule has 0 spiro atoms. The second-order valence-corrected chi connectivity index (χ2v) is 4.70. The predicted molar refractivity (Wildman–Crippen MR) is 78.2 cm³/mol. The molecule has 1 aromatic heterocycles. The molecule has 0 aliphatic carbocycles. The zero-order valence-corrected chi connectivity index (χ0v) is 11.0. The Morgan fingerprint density at radius 2 is 2.10 bits per heavy atom. The molecule has 20 heavy (non-hydrogen) atoms. The molecule has 1 aliphatic rings. The molecule has 0 bridgehead atoms. The molecule has 102 valence electrons. The molecule has 0 amide bonds. The third-order valence-electron chi connectivity index (χ3n) is 3.34. The maximum Gasteiger partial charge on any atom is 0.128 e. The van der Waals surface area contributed by atoms with Crippen LogP contribution in [-0.4, -0.2) is 24.0 Å². The zero-order chi connectivity index (χ0) is 13.9. The maximum absolute atomic E-state index is 7.39. The van der Waals surface area contributed by atoms with E-state index in [9.17, 15) is 0 Å². The van der Waals surface area contributed by atoms with Gasteiger partial charge in [0.25, 0.3) is 0 Å². The summed E-state index contributed by atoms with van der Waals surface area (Å²) in [6.07, 6.45) is 1.63. The number of rotatable bonds is 2. The van der Waals surface area contributed by atoms with Gasteiger partial charge in [0.05, 0.1) is 6.54 Å². The minimum atomic E-state index is 0.0357. The van der Waals surface area contributed by atoms with Crippen molar-refractivity contribution in [2.75, 3.05) is 18.1 Å². The second-order valence-electron chi connectivity index (χ2n) is 4.70. The van der Waals surface area contributed by atoms with Crippen molar-refractivity contribution in [1.82, 2.24) is 4.98 Å². The van der Waals surface area contributed by atoms with Crippen LogP contribution >= 0.6 is 0 Å². The van der Waals surface area contributed by atoms with E-state index in [0.29, 0.717) is 12.2 Å². The van der Waals surface area contributed by atoms with E-state index in [1.165, 1.54) is 0 Å². The molecular formula is C15H16N4O. The fourth-order valence-electron chi connectivity index (χ4n) is 2.25. The number of fused-ring (bicyclic) bond motifs is 1. The summed E-state index contributed by atoms with van der Waals surface area (Å²) in [4.78, 5) is 6.55. The van der Waals surface area contributed by atoms with Crippen molar-refractivity contribution in [2.45, 2.75) is 6.54 Å². The van der Waals surface area contributed by atoms with Gasteiger partial charge in [0.15, 0.2) is 0 Å². The average molecular weight is 268 g/mol. The van der Waals surface area contributed by atoms with Crippen LogP contribution in [-0.2, 0) is 6.54 Å². The number of hydrogen-bond acceptors (Lipinski definition) is 4. The van der Waals surface area contributed by atoms with Gasteiger partial charge in [0.2, 0.25) is 0 Å². The number of nitrogens with zero attached hydrogens (tertiary/aromatic N) is 2. The molecule has 0 saturated carbocycles. The van der Waals surface area contributed by atoms with E-state index in [-0.39, 0.29) is 5.84 Å². The Bertz CT molecular complexity index is 624. The Labute approximate surface area is 117 Å². The summed E-state index contributed by atoms with van der Waals surface area (Å²) < 4.78 is 5.74. The lowest BCUT2D eigenvalue weighted by molar-refractivity contribution is 0.331. The van der Waals surface area contributed by atoms with Crippen molar-refractivity contribution < 1.29 is 4.74 Å². The zero-order valence-electron chi connectivity index (χ0n) is 11.0. The SMILES string of the molecule is N=C(N)c1ccc(N2CCOc3ccccc3C2)nc1. The van der Waals surface area contributed by atoms with Crippen molar-refractivity contribution in [3.63, 3.8) is 0 Å². The fraction of sp³-hybridized carbons (Fsp3) is 0.200. The lowest BCUT2D eigenvalue weighted by Crippen LogP contribution is -2.26. The first-order chi connectivity index (χ1) is 9.74. The van der Waals surface area contributed by atoms with E-state index in [4.69, 9.17) is 15.9 Å². The highest BCUT2D eigenvalue weighted by Gasteiger charge is 2.16. The first kappa shape index (κ1) is 12.5. The van der Waals surface area contributed by atoms with Gasteiger partial charge in [-0.05, 0) is 18.2 Å². The third-order valence-corrected chi connectivity index (χ3v) is 3.34. The summed E-state index contributed by atoms with van der Waals surface area (Å²) in [6, 6.07) is 11.8. The summed E-state index contributed by atoms with van der Waals surface area (Å²) in [7, 11) is 0. The van der Waals surface area contributed by atoms with Crippen LogP contribution in [0, 0.1) is 5.41 Å². The van der Waals surface area contributed by atoms with E-state index in [2.05, 4.69) is 16.0 Å². The number of hydrogen-bond donors (Lipinski definition) is 2. The number of anilines is 1. The summed E-state index contributed by atoms with van der Waals surface area (Å²) in [6.45, 7) is 2.18. The molecule has 0 saturated heterocycles. The Kier molecular flexibility index (Phi) is 3.25. The number of para-hydroxylation sites is 1. The van der Waals surface area contributed by atoms with Gasteiger partial charge >= 0.3 is 0 Å². The first-order valence-corrected chi connectivity index (χ1v) is 6.50. The molecule has 2 aromatic rings. The van der Waals surface area contributed by atoms with E-state index >= 15 is 0 Å². The van der Waals surface area contributed by atoms with Crippen LogP contribution in [0.3, 0.4) is 0 Å². The number of amidine groups is 1. The fourth-order valence-corrected chi connectivity index (χ4v) is 2.25. The van der Waals surface area contributed by atoms with Gasteiger partial charge in [-0.25, -0.2) is 4.98 Å². The molecule has 2 heterocycles. The topological polar surface area (TPSA) is 75.2 Å². The largest absolute Gasteiger partial charge is 0.491 e. The molecule has 0 atom stereocenters. The van der Waals surface area contributed by atoms with Crippen LogP contribution in [0.5, 0.6) is 5.75 Å². The monoisotopic (exact) mass is 268 g/mol. The molecule has 1 aliphatic heterocycles. The van der Waals surface area contributed by atoms with Crippen LogP contribution in [0.15, 0.2) is 42.6 Å². The minimum Gasteiger partial charge on any atom is -0.491 e. The summed E-state index contributed by atoms with van der Waals surface area (Å²) in [5.41, 5.74) is 7.23. The van der Waals surface area contributed by atoms with E-state index in [1.54, 1.807) is 6.20 Å². The smallest absolute Gasteiger partial charge is 0.128 e. The number of pyridine rings is 1. The van der Waals surface area contributed by atoms with Crippen molar-refractivity contribution in [3.8, 4) is 5.75 Å². The van der Waals surface area contributed by atoms with E-state index < -0.39 is 0 Å². The van der Waals surface area contributed by atoms with Crippen LogP contribution in [0.25, 0.3) is 0 Å². The van der Waals surface area contributed by atoms with Gasteiger partial charge < -0.3 is 15.4 Å². The van der Waals surface area contributed by atoms with Crippen LogP contribution in [0.2, 0.25) is 0 Å². The summed E-state index contributed by atoms with van der Waals surface area (Å²) in [5.74, 6) is 1.85. The molecule has 0 fully saturated rings. The number of ether oxygens (including phenoxy) is 1. The summed E-state index contributed by atoms with van der Waals surface area (Å²) in [5, 5.41) is 7.39. The molecule has 3 N–H and O–H groups in total.